The lowest BCUT2D eigenvalue weighted by atomic mass is 10.1. The molecule has 0 aliphatic rings. The summed E-state index contributed by atoms with van der Waals surface area (Å²) >= 11 is 0. The van der Waals surface area contributed by atoms with Gasteiger partial charge < -0.3 is 15.7 Å². The van der Waals surface area contributed by atoms with Crippen LogP contribution in [0.15, 0.2) is 0 Å². The quantitative estimate of drug-likeness (QED) is 0.570. The van der Waals surface area contributed by atoms with Gasteiger partial charge in [0.2, 0.25) is 0 Å². The van der Waals surface area contributed by atoms with Crippen LogP contribution in [0.4, 0.5) is 4.79 Å². The minimum Gasteiger partial charge on any atom is -0.480 e. The highest BCUT2D eigenvalue weighted by Crippen LogP contribution is 2.04. The van der Waals surface area contributed by atoms with Crippen LogP contribution in [-0.4, -0.2) is 43.8 Å². The summed E-state index contributed by atoms with van der Waals surface area (Å²) in [7, 11) is 0. The van der Waals surface area contributed by atoms with Gasteiger partial charge in [-0.1, -0.05) is 19.1 Å². The van der Waals surface area contributed by atoms with Crippen LogP contribution in [0.25, 0.3) is 0 Å². The fraction of sp³-hybridized carbons (Fsp3) is 0.667. The molecule has 1 aromatic rings. The van der Waals surface area contributed by atoms with E-state index in [9.17, 15) is 9.59 Å². The number of urea groups is 1. The minimum absolute atomic E-state index is 0.214. The van der Waals surface area contributed by atoms with Crippen molar-refractivity contribution in [3.8, 4) is 0 Å². The Labute approximate surface area is 103 Å². The number of H-pyrrole nitrogens is 1. The van der Waals surface area contributed by atoms with Gasteiger partial charge in [-0.3, -0.25) is 0 Å². The van der Waals surface area contributed by atoms with Crippen LogP contribution in [0.1, 0.15) is 32.6 Å². The molecule has 0 saturated carbocycles. The van der Waals surface area contributed by atoms with E-state index in [1.54, 1.807) is 20.8 Å². The van der Waals surface area contributed by atoms with Crippen molar-refractivity contribution >= 4 is 12.0 Å². The molecule has 2 unspecified atom stereocenters. The number of hydrogen-bond acceptors (Lipinski definition) is 5. The Morgan fingerprint density at radius 1 is 1.28 bits per heavy atom. The smallest absolute Gasteiger partial charge is 0.326 e. The molecule has 1 heterocycles. The lowest BCUT2D eigenvalue weighted by Gasteiger charge is -2.19. The lowest BCUT2D eigenvalue weighted by molar-refractivity contribution is -0.140. The highest BCUT2D eigenvalue weighted by Gasteiger charge is 2.24. The van der Waals surface area contributed by atoms with Crippen LogP contribution in [0, 0.1) is 5.92 Å². The van der Waals surface area contributed by atoms with Crippen molar-refractivity contribution in [3.05, 3.63) is 5.82 Å². The summed E-state index contributed by atoms with van der Waals surface area (Å²) in [6, 6.07) is -2.00. The summed E-state index contributed by atoms with van der Waals surface area (Å²) in [5, 5.41) is 26.9. The third kappa shape index (κ3) is 3.68. The highest BCUT2D eigenvalue weighted by atomic mass is 16.4. The number of carboxylic acid groups (broad SMARTS) is 1. The Kier molecular flexibility index (Phi) is 4.58. The molecule has 0 radical (unpaired) electrons. The predicted octanol–water partition coefficient (Wildman–Crippen LogP) is -0.331. The van der Waals surface area contributed by atoms with Gasteiger partial charge in [-0.15, -0.1) is 10.2 Å². The van der Waals surface area contributed by atoms with E-state index in [2.05, 4.69) is 31.3 Å². The topological polar surface area (TPSA) is 133 Å². The fourth-order valence-corrected chi connectivity index (χ4v) is 1.31. The highest BCUT2D eigenvalue weighted by molar-refractivity contribution is 5.82. The van der Waals surface area contributed by atoms with Gasteiger partial charge in [0, 0.05) is 0 Å². The van der Waals surface area contributed by atoms with Crippen molar-refractivity contribution in [3.63, 3.8) is 0 Å². The molecule has 100 valence electrons. The maximum Gasteiger partial charge on any atom is 0.326 e. The molecule has 0 aliphatic heterocycles. The second-order valence-electron chi connectivity index (χ2n) is 4.17. The summed E-state index contributed by atoms with van der Waals surface area (Å²) in [6.07, 6.45) is 0. The first kappa shape index (κ1) is 13.9. The minimum atomic E-state index is -1.08. The Balaban J connectivity index is 2.53. The number of rotatable bonds is 5. The molecule has 9 heteroatoms. The zero-order valence-electron chi connectivity index (χ0n) is 10.3. The van der Waals surface area contributed by atoms with E-state index in [1.165, 1.54) is 0 Å². The third-order valence-corrected chi connectivity index (χ3v) is 2.32. The molecule has 9 nitrogen and oxygen atoms in total. The first-order chi connectivity index (χ1) is 8.41. The molecule has 1 aromatic heterocycles. The number of carboxylic acids is 1. The van der Waals surface area contributed by atoms with Crippen LogP contribution < -0.4 is 10.6 Å². The van der Waals surface area contributed by atoms with E-state index in [1.807, 2.05) is 0 Å². The maximum atomic E-state index is 11.6. The van der Waals surface area contributed by atoms with Gasteiger partial charge in [-0.2, -0.15) is 5.21 Å². The molecular formula is C9H16N6O3. The Hall–Kier alpha value is -2.19. The van der Waals surface area contributed by atoms with E-state index in [4.69, 9.17) is 5.11 Å². The number of carbonyl (C=O) groups is 2. The predicted molar refractivity (Wildman–Crippen MR) is 60.5 cm³/mol. The molecule has 2 amide bonds. The average molecular weight is 256 g/mol. The van der Waals surface area contributed by atoms with E-state index in [-0.39, 0.29) is 5.92 Å². The second kappa shape index (κ2) is 5.94. The summed E-state index contributed by atoms with van der Waals surface area (Å²) in [5.74, 6) is -0.970. The van der Waals surface area contributed by atoms with Gasteiger partial charge in [0.05, 0.1) is 6.04 Å². The van der Waals surface area contributed by atoms with Crippen molar-refractivity contribution in [1.82, 2.24) is 31.3 Å². The molecule has 0 spiro atoms. The van der Waals surface area contributed by atoms with E-state index >= 15 is 0 Å². The Morgan fingerprint density at radius 2 is 1.94 bits per heavy atom. The zero-order chi connectivity index (χ0) is 13.7. The molecule has 18 heavy (non-hydrogen) atoms. The SMILES string of the molecule is CC(NC(=O)NC(C(=O)O)C(C)C)c1nn[nH]n1. The molecular weight excluding hydrogens is 240 g/mol. The van der Waals surface area contributed by atoms with E-state index < -0.39 is 24.1 Å². The first-order valence-corrected chi connectivity index (χ1v) is 5.45. The lowest BCUT2D eigenvalue weighted by Crippen LogP contribution is -2.49. The van der Waals surface area contributed by atoms with Crippen LogP contribution in [0.3, 0.4) is 0 Å². The number of aromatic amines is 1. The number of aromatic nitrogens is 4. The number of aliphatic carboxylic acids is 1. The largest absolute Gasteiger partial charge is 0.480 e. The molecule has 2 atom stereocenters. The molecule has 0 aromatic carbocycles. The molecule has 0 aliphatic carbocycles. The van der Waals surface area contributed by atoms with Gasteiger partial charge in [0.1, 0.15) is 6.04 Å². The second-order valence-corrected chi connectivity index (χ2v) is 4.17. The fourth-order valence-electron chi connectivity index (χ4n) is 1.31. The maximum absolute atomic E-state index is 11.6. The number of nitrogens with one attached hydrogen (secondary N) is 3. The summed E-state index contributed by atoms with van der Waals surface area (Å²) in [4.78, 5) is 22.5. The molecule has 0 bridgehead atoms. The third-order valence-electron chi connectivity index (χ3n) is 2.32. The standard InChI is InChI=1S/C9H16N6O3/c1-4(2)6(8(16)17)11-9(18)10-5(3)7-12-14-15-13-7/h4-6H,1-3H3,(H,16,17)(H2,10,11,18)(H,12,13,14,15). The monoisotopic (exact) mass is 256 g/mol. The number of amides is 2. The number of tetrazole rings is 1. The number of hydrogen-bond donors (Lipinski definition) is 4. The van der Waals surface area contributed by atoms with Crippen LogP contribution in [-0.2, 0) is 4.79 Å². The van der Waals surface area contributed by atoms with Crippen LogP contribution in [0.5, 0.6) is 0 Å². The zero-order valence-corrected chi connectivity index (χ0v) is 10.3. The molecule has 4 N–H and O–H groups in total. The van der Waals surface area contributed by atoms with E-state index in [0.717, 1.165) is 0 Å². The average Bonchev–Trinajstić information content (AvgIpc) is 2.78. The van der Waals surface area contributed by atoms with Crippen LogP contribution in [0.2, 0.25) is 0 Å². The first-order valence-electron chi connectivity index (χ1n) is 5.45. The summed E-state index contributed by atoms with van der Waals surface area (Å²) in [6.45, 7) is 5.08. The molecule has 0 fully saturated rings. The van der Waals surface area contributed by atoms with Crippen LogP contribution >= 0.6 is 0 Å². The van der Waals surface area contributed by atoms with Gasteiger partial charge in [0.25, 0.3) is 0 Å². The van der Waals surface area contributed by atoms with Crippen molar-refractivity contribution < 1.29 is 14.7 Å². The van der Waals surface area contributed by atoms with Gasteiger partial charge in [-0.05, 0) is 12.8 Å². The van der Waals surface area contributed by atoms with E-state index in [0.29, 0.717) is 5.82 Å². The van der Waals surface area contributed by atoms with Gasteiger partial charge in [0.15, 0.2) is 5.82 Å². The number of nitrogens with zero attached hydrogens (tertiary/aromatic N) is 3. The van der Waals surface area contributed by atoms with Gasteiger partial charge in [-0.25, -0.2) is 9.59 Å². The van der Waals surface area contributed by atoms with Crippen molar-refractivity contribution in [2.75, 3.05) is 0 Å². The summed E-state index contributed by atoms with van der Waals surface area (Å²) in [5.41, 5.74) is 0. The Morgan fingerprint density at radius 3 is 2.39 bits per heavy atom. The normalized spacial score (nSPS) is 14.0. The molecule has 1 rings (SSSR count). The van der Waals surface area contributed by atoms with Gasteiger partial charge >= 0.3 is 12.0 Å². The molecule has 0 saturated heterocycles. The summed E-state index contributed by atoms with van der Waals surface area (Å²) < 4.78 is 0. The van der Waals surface area contributed by atoms with Crippen molar-refractivity contribution in [2.45, 2.75) is 32.9 Å². The van der Waals surface area contributed by atoms with Crippen molar-refractivity contribution in [2.24, 2.45) is 5.92 Å². The number of carbonyl (C=O) groups excluding carboxylic acids is 1. The Bertz CT molecular complexity index is 404. The van der Waals surface area contributed by atoms with Crippen molar-refractivity contribution in [1.29, 1.82) is 0 Å².